The average molecular weight is 466 g/mol. The van der Waals surface area contributed by atoms with Crippen LogP contribution in [0.25, 0.3) is 0 Å². The van der Waals surface area contributed by atoms with E-state index in [-0.39, 0.29) is 0 Å². The van der Waals surface area contributed by atoms with Gasteiger partial charge in [0, 0.05) is 10.7 Å². The molecule has 7 nitrogen and oxygen atoms in total. The minimum absolute atomic E-state index is 0.354. The van der Waals surface area contributed by atoms with Crippen LogP contribution in [-0.2, 0) is 16.2 Å². The third-order valence-corrected chi connectivity index (χ3v) is 5.05. The van der Waals surface area contributed by atoms with Crippen molar-refractivity contribution >= 4 is 35.3 Å². The molecule has 8 heteroatoms. The first-order chi connectivity index (χ1) is 15.9. The molecule has 33 heavy (non-hydrogen) atoms. The Morgan fingerprint density at radius 3 is 2.33 bits per heavy atom. The van der Waals surface area contributed by atoms with E-state index in [4.69, 9.17) is 21.1 Å². The summed E-state index contributed by atoms with van der Waals surface area (Å²) in [6, 6.07) is 18.2. The van der Waals surface area contributed by atoms with Gasteiger partial charge in [-0.05, 0) is 66.4 Å². The Balaban J connectivity index is 1.58. The van der Waals surface area contributed by atoms with Crippen molar-refractivity contribution in [3.05, 3.63) is 87.9 Å². The highest BCUT2D eigenvalue weighted by atomic mass is 35.5. The van der Waals surface area contributed by atoms with Gasteiger partial charge in [-0.25, -0.2) is 5.43 Å². The largest absolute Gasteiger partial charge is 0.493 e. The molecule has 0 bridgehead atoms. The van der Waals surface area contributed by atoms with Crippen LogP contribution in [-0.4, -0.2) is 25.1 Å². The van der Waals surface area contributed by atoms with Crippen LogP contribution in [0.1, 0.15) is 22.3 Å². The number of ether oxygens (including phenoxy) is 2. The lowest BCUT2D eigenvalue weighted by Crippen LogP contribution is -2.32. The maximum Gasteiger partial charge on any atom is 0.329 e. The highest BCUT2D eigenvalue weighted by molar-refractivity contribution is 6.39. The first-order valence-corrected chi connectivity index (χ1v) is 10.5. The SMILES string of the molecule is COc1cc(/C=N\NC(=O)C(=O)Nc2c(C)cccc2C)ccc1OCc1ccc(Cl)cc1. The van der Waals surface area contributed by atoms with Gasteiger partial charge >= 0.3 is 11.8 Å². The smallest absolute Gasteiger partial charge is 0.329 e. The van der Waals surface area contributed by atoms with Crippen molar-refractivity contribution in [2.45, 2.75) is 20.5 Å². The summed E-state index contributed by atoms with van der Waals surface area (Å²) >= 11 is 5.90. The summed E-state index contributed by atoms with van der Waals surface area (Å²) < 4.78 is 11.2. The summed E-state index contributed by atoms with van der Waals surface area (Å²) in [6.07, 6.45) is 1.41. The van der Waals surface area contributed by atoms with Crippen LogP contribution in [0.3, 0.4) is 0 Å². The minimum Gasteiger partial charge on any atom is -0.493 e. The van der Waals surface area contributed by atoms with Crippen LogP contribution in [0, 0.1) is 13.8 Å². The van der Waals surface area contributed by atoms with E-state index in [2.05, 4.69) is 15.8 Å². The molecule has 3 aromatic rings. The maximum atomic E-state index is 12.2. The van der Waals surface area contributed by atoms with Gasteiger partial charge in [-0.1, -0.05) is 41.9 Å². The average Bonchev–Trinajstić information content (AvgIpc) is 2.81. The summed E-state index contributed by atoms with van der Waals surface area (Å²) in [5.41, 5.74) is 6.19. The third-order valence-electron chi connectivity index (χ3n) is 4.80. The molecule has 0 aliphatic carbocycles. The lowest BCUT2D eigenvalue weighted by atomic mass is 10.1. The fraction of sp³-hybridized carbons (Fsp3) is 0.160. The molecule has 170 valence electrons. The van der Waals surface area contributed by atoms with Crippen molar-refractivity contribution < 1.29 is 19.1 Å². The molecular formula is C25H24ClN3O4. The van der Waals surface area contributed by atoms with Gasteiger partial charge in [0.05, 0.1) is 13.3 Å². The zero-order chi connectivity index (χ0) is 23.8. The summed E-state index contributed by atoms with van der Waals surface area (Å²) in [7, 11) is 1.53. The lowest BCUT2D eigenvalue weighted by Gasteiger charge is -2.11. The standard InChI is InChI=1S/C25H24ClN3O4/c1-16-5-4-6-17(2)23(16)28-24(30)25(31)29-27-14-19-9-12-21(22(13-19)32-3)33-15-18-7-10-20(26)11-8-18/h4-14H,15H2,1-3H3,(H,28,30)(H,29,31)/b27-14-. The Bertz CT molecular complexity index is 1160. The minimum atomic E-state index is -0.871. The summed E-state index contributed by atoms with van der Waals surface area (Å²) in [5, 5.41) is 7.14. The number of rotatable bonds is 7. The van der Waals surface area contributed by atoms with E-state index in [1.54, 1.807) is 30.3 Å². The first kappa shape index (κ1) is 23.8. The number of methoxy groups -OCH3 is 1. The quantitative estimate of drug-likeness (QED) is 0.302. The summed E-state index contributed by atoms with van der Waals surface area (Å²) in [4.78, 5) is 24.3. The summed E-state index contributed by atoms with van der Waals surface area (Å²) in [6.45, 7) is 4.07. The Morgan fingerprint density at radius 1 is 0.970 bits per heavy atom. The molecule has 0 aliphatic rings. The molecule has 0 saturated heterocycles. The van der Waals surface area contributed by atoms with E-state index >= 15 is 0 Å². The van der Waals surface area contributed by atoms with Gasteiger partial charge in [0.25, 0.3) is 0 Å². The van der Waals surface area contributed by atoms with Crippen LogP contribution in [0.15, 0.2) is 65.8 Å². The van der Waals surface area contributed by atoms with Crippen LogP contribution in [0.5, 0.6) is 11.5 Å². The molecule has 3 rings (SSSR count). The number of halogens is 1. The number of benzene rings is 3. The van der Waals surface area contributed by atoms with Gasteiger partial charge in [-0.2, -0.15) is 5.10 Å². The molecule has 0 aliphatic heterocycles. The normalized spacial score (nSPS) is 10.7. The molecule has 0 unspecified atom stereocenters. The Hall–Kier alpha value is -3.84. The van der Waals surface area contributed by atoms with Crippen molar-refractivity contribution in [3.63, 3.8) is 0 Å². The number of carbonyl (C=O) groups excluding carboxylic acids is 2. The van der Waals surface area contributed by atoms with Gasteiger partial charge in [-0.3, -0.25) is 9.59 Å². The molecule has 0 radical (unpaired) electrons. The van der Waals surface area contributed by atoms with Crippen LogP contribution in [0.4, 0.5) is 5.69 Å². The predicted molar refractivity (Wildman–Crippen MR) is 129 cm³/mol. The second-order valence-electron chi connectivity index (χ2n) is 7.25. The first-order valence-electron chi connectivity index (χ1n) is 10.1. The number of amides is 2. The number of para-hydroxylation sites is 1. The number of nitrogens with zero attached hydrogens (tertiary/aromatic N) is 1. The predicted octanol–water partition coefficient (Wildman–Crippen LogP) is 4.63. The number of hydrogen-bond acceptors (Lipinski definition) is 5. The molecule has 0 heterocycles. The highest BCUT2D eigenvalue weighted by Crippen LogP contribution is 2.28. The van der Waals surface area contributed by atoms with Crippen LogP contribution < -0.4 is 20.2 Å². The lowest BCUT2D eigenvalue weighted by molar-refractivity contribution is -0.136. The molecule has 0 fully saturated rings. The number of anilines is 1. The molecule has 2 amide bonds. The van der Waals surface area contributed by atoms with E-state index in [0.717, 1.165) is 16.7 Å². The molecule has 0 atom stereocenters. The van der Waals surface area contributed by atoms with Gasteiger partial charge in [0.2, 0.25) is 0 Å². The highest BCUT2D eigenvalue weighted by Gasteiger charge is 2.15. The third kappa shape index (κ3) is 6.57. The van der Waals surface area contributed by atoms with Crippen molar-refractivity contribution in [2.24, 2.45) is 5.10 Å². The maximum absolute atomic E-state index is 12.2. The Kier molecular flexibility index (Phi) is 8.05. The van der Waals surface area contributed by atoms with E-state index < -0.39 is 11.8 Å². The van der Waals surface area contributed by atoms with Crippen LogP contribution >= 0.6 is 11.6 Å². The zero-order valence-electron chi connectivity index (χ0n) is 18.5. The van der Waals surface area contributed by atoms with Gasteiger partial charge in [0.15, 0.2) is 11.5 Å². The molecule has 0 spiro atoms. The Morgan fingerprint density at radius 2 is 1.67 bits per heavy atom. The number of hydrazone groups is 1. The summed E-state index contributed by atoms with van der Waals surface area (Å²) in [5.74, 6) is -0.606. The van der Waals surface area contributed by atoms with Crippen molar-refractivity contribution in [2.75, 3.05) is 12.4 Å². The van der Waals surface area contributed by atoms with Gasteiger partial charge in [-0.15, -0.1) is 0 Å². The monoisotopic (exact) mass is 465 g/mol. The van der Waals surface area contributed by atoms with E-state index in [9.17, 15) is 9.59 Å². The molecule has 0 saturated carbocycles. The van der Waals surface area contributed by atoms with E-state index in [0.29, 0.717) is 34.4 Å². The zero-order valence-corrected chi connectivity index (χ0v) is 19.3. The van der Waals surface area contributed by atoms with Crippen molar-refractivity contribution in [1.82, 2.24) is 5.43 Å². The number of carbonyl (C=O) groups is 2. The molecule has 0 aromatic heterocycles. The Labute approximate surface area is 197 Å². The fourth-order valence-corrected chi connectivity index (χ4v) is 3.15. The van der Waals surface area contributed by atoms with Crippen molar-refractivity contribution in [3.8, 4) is 11.5 Å². The molecular weight excluding hydrogens is 442 g/mol. The molecule has 2 N–H and O–H groups in total. The topological polar surface area (TPSA) is 89.0 Å². The van der Waals surface area contributed by atoms with Crippen molar-refractivity contribution in [1.29, 1.82) is 0 Å². The van der Waals surface area contributed by atoms with Gasteiger partial charge in [0.1, 0.15) is 6.61 Å². The number of aryl methyl sites for hydroxylation is 2. The second-order valence-corrected chi connectivity index (χ2v) is 7.68. The van der Waals surface area contributed by atoms with E-state index in [1.807, 2.05) is 44.2 Å². The molecule has 3 aromatic carbocycles. The van der Waals surface area contributed by atoms with E-state index in [1.165, 1.54) is 13.3 Å². The fourth-order valence-electron chi connectivity index (χ4n) is 3.02. The number of nitrogens with one attached hydrogen (secondary N) is 2. The number of hydrogen-bond donors (Lipinski definition) is 2. The van der Waals surface area contributed by atoms with Crippen LogP contribution in [0.2, 0.25) is 5.02 Å². The van der Waals surface area contributed by atoms with Gasteiger partial charge < -0.3 is 14.8 Å². The second kappa shape index (κ2) is 11.2.